The highest BCUT2D eigenvalue weighted by Gasteiger charge is 2.41. The number of carbonyl (C=O) groups is 2. The lowest BCUT2D eigenvalue weighted by molar-refractivity contribution is -0.192. The fourth-order valence-corrected chi connectivity index (χ4v) is 5.06. The van der Waals surface area contributed by atoms with Crippen molar-refractivity contribution in [3.63, 3.8) is 0 Å². The van der Waals surface area contributed by atoms with Crippen LogP contribution in [0.2, 0.25) is 5.02 Å². The Kier molecular flexibility index (Phi) is 10.9. The van der Waals surface area contributed by atoms with E-state index < -0.39 is 41.7 Å². The number of aliphatic carboxylic acids is 2. The molecule has 4 heterocycles. The SMILES string of the molecule is O=C(O)C(F)(F)F.O=C(O)C[C@H]1CCCN(C[C@@H](O)c2ccc(-c3noc(-c4cnn(-c5ncccc5Cl)c4C(F)(F)F)n3)cc2)C1. The number of aliphatic hydroxyl groups is 1. The third kappa shape index (κ3) is 9.05. The Balaban J connectivity index is 0.000000644. The summed E-state index contributed by atoms with van der Waals surface area (Å²) in [6.07, 6.45) is -6.63. The van der Waals surface area contributed by atoms with Gasteiger partial charge in [-0.15, -0.1) is 0 Å². The van der Waals surface area contributed by atoms with Crippen LogP contribution in [0.1, 0.15) is 36.6 Å². The topological polar surface area (TPSA) is 168 Å². The zero-order chi connectivity index (χ0) is 34.5. The van der Waals surface area contributed by atoms with E-state index in [4.69, 9.17) is 31.1 Å². The molecule has 2 atom stereocenters. The predicted octanol–water partition coefficient (Wildman–Crippen LogP) is 5.51. The van der Waals surface area contributed by atoms with Crippen LogP contribution in [0.15, 0.2) is 53.3 Å². The van der Waals surface area contributed by atoms with Gasteiger partial charge in [0.05, 0.1) is 22.9 Å². The van der Waals surface area contributed by atoms with Gasteiger partial charge in [-0.25, -0.2) is 14.5 Å². The molecule has 0 radical (unpaired) electrons. The summed E-state index contributed by atoms with van der Waals surface area (Å²) < 4.78 is 79.7. The Bertz CT molecular complexity index is 1690. The number of benzene rings is 1. The van der Waals surface area contributed by atoms with Crippen LogP contribution in [0, 0.1) is 5.92 Å². The van der Waals surface area contributed by atoms with E-state index in [1.54, 1.807) is 24.3 Å². The Morgan fingerprint density at radius 1 is 1.09 bits per heavy atom. The summed E-state index contributed by atoms with van der Waals surface area (Å²) >= 11 is 6.05. The lowest BCUT2D eigenvalue weighted by Gasteiger charge is -2.33. The van der Waals surface area contributed by atoms with E-state index in [1.165, 1.54) is 18.3 Å². The van der Waals surface area contributed by atoms with Crippen molar-refractivity contribution in [3.05, 3.63) is 65.1 Å². The number of piperidine rings is 1. The summed E-state index contributed by atoms with van der Waals surface area (Å²) in [5.74, 6) is -4.05. The highest BCUT2D eigenvalue weighted by atomic mass is 35.5. The number of nitrogens with zero attached hydrogens (tertiary/aromatic N) is 6. The first-order valence-corrected chi connectivity index (χ1v) is 14.0. The van der Waals surface area contributed by atoms with Gasteiger partial charge in [0.15, 0.2) is 11.5 Å². The molecule has 252 valence electrons. The largest absolute Gasteiger partial charge is 0.490 e. The predicted molar refractivity (Wildman–Crippen MR) is 150 cm³/mol. The molecule has 1 fully saturated rings. The molecular weight excluding hydrogens is 666 g/mol. The molecule has 4 aromatic rings. The van der Waals surface area contributed by atoms with Crippen molar-refractivity contribution in [3.8, 4) is 28.7 Å². The van der Waals surface area contributed by atoms with Crippen LogP contribution in [0.25, 0.3) is 28.7 Å². The second-order valence-corrected chi connectivity index (χ2v) is 10.8. The summed E-state index contributed by atoms with van der Waals surface area (Å²) in [4.78, 5) is 30.0. The molecule has 1 saturated heterocycles. The molecule has 0 saturated carbocycles. The Morgan fingerprint density at radius 2 is 1.77 bits per heavy atom. The summed E-state index contributed by atoms with van der Waals surface area (Å²) in [6, 6.07) is 9.52. The standard InChI is InChI=1S/C26H24ClF3N6O4.C2HF3O2/c27-19-4-1-9-31-24(19)36-22(26(28,29)30)18(12-32-36)25-33-23(34-40-25)17-7-5-16(6-8-17)20(37)14-35-10-2-3-15(13-35)11-21(38)39;3-2(4,5)1(6)7/h1,4-9,12,15,20,37H,2-3,10-11,13-14H2,(H,38,39);(H,6,7)/t15-,20-;/m1./s1. The number of aromatic nitrogens is 5. The number of aliphatic hydroxyl groups excluding tert-OH is 1. The minimum atomic E-state index is -5.08. The first kappa shape index (κ1) is 35.3. The maximum atomic E-state index is 14.1. The number of carboxylic acids is 2. The molecule has 1 aromatic carbocycles. The van der Waals surface area contributed by atoms with Gasteiger partial charge in [-0.1, -0.05) is 41.0 Å². The fraction of sp³-hybridized carbons (Fsp3) is 0.357. The van der Waals surface area contributed by atoms with Gasteiger partial charge in [0.1, 0.15) is 0 Å². The highest BCUT2D eigenvalue weighted by Crippen LogP contribution is 2.39. The molecule has 12 nitrogen and oxygen atoms in total. The second-order valence-electron chi connectivity index (χ2n) is 10.4. The highest BCUT2D eigenvalue weighted by molar-refractivity contribution is 6.32. The number of rotatable bonds is 8. The Morgan fingerprint density at radius 3 is 2.36 bits per heavy atom. The number of halogens is 7. The van der Waals surface area contributed by atoms with Gasteiger partial charge in [-0.3, -0.25) is 4.79 Å². The quantitative estimate of drug-likeness (QED) is 0.200. The maximum Gasteiger partial charge on any atom is 0.490 e. The third-order valence-corrected chi connectivity index (χ3v) is 7.22. The molecular formula is C28H25ClF6N6O6. The third-order valence-electron chi connectivity index (χ3n) is 6.93. The normalized spacial score (nSPS) is 16.3. The molecule has 1 aliphatic heterocycles. The molecule has 1 aliphatic rings. The van der Waals surface area contributed by atoms with Crippen molar-refractivity contribution in [2.45, 2.75) is 37.7 Å². The zero-order valence-corrected chi connectivity index (χ0v) is 24.7. The first-order valence-electron chi connectivity index (χ1n) is 13.7. The average molecular weight is 691 g/mol. The van der Waals surface area contributed by atoms with Crippen molar-refractivity contribution in [1.82, 2.24) is 29.8 Å². The van der Waals surface area contributed by atoms with Crippen LogP contribution in [-0.4, -0.2) is 82.9 Å². The van der Waals surface area contributed by atoms with Crippen molar-refractivity contribution < 1.29 is 55.8 Å². The van der Waals surface area contributed by atoms with Gasteiger partial charge in [0, 0.05) is 31.3 Å². The maximum absolute atomic E-state index is 14.1. The monoisotopic (exact) mass is 690 g/mol. The summed E-state index contributed by atoms with van der Waals surface area (Å²) in [5.41, 5.74) is -0.493. The van der Waals surface area contributed by atoms with Gasteiger partial charge in [0.25, 0.3) is 5.89 Å². The van der Waals surface area contributed by atoms with Gasteiger partial charge in [0.2, 0.25) is 5.82 Å². The van der Waals surface area contributed by atoms with E-state index >= 15 is 0 Å². The van der Waals surface area contributed by atoms with Crippen molar-refractivity contribution in [2.24, 2.45) is 5.92 Å². The summed E-state index contributed by atoms with van der Waals surface area (Å²) in [6.45, 7) is 1.74. The van der Waals surface area contributed by atoms with E-state index in [2.05, 4.69) is 25.1 Å². The molecule has 19 heteroatoms. The zero-order valence-electron chi connectivity index (χ0n) is 23.9. The van der Waals surface area contributed by atoms with Crippen LogP contribution in [0.3, 0.4) is 0 Å². The number of pyridine rings is 1. The van der Waals surface area contributed by atoms with E-state index in [1.807, 2.05) is 0 Å². The van der Waals surface area contributed by atoms with Crippen molar-refractivity contribution in [1.29, 1.82) is 0 Å². The molecule has 3 N–H and O–H groups in total. The van der Waals surface area contributed by atoms with Crippen LogP contribution in [0.4, 0.5) is 26.3 Å². The number of β-amino-alcohol motifs (C(OH)–C–C–N with tert-alkyl or cyclic N) is 1. The smallest absolute Gasteiger partial charge is 0.481 e. The summed E-state index contributed by atoms with van der Waals surface area (Å²) in [5, 5.41) is 34.6. The Labute approximate surface area is 266 Å². The van der Waals surface area contributed by atoms with Crippen LogP contribution in [-0.2, 0) is 15.8 Å². The fourth-order valence-electron chi connectivity index (χ4n) is 4.86. The van der Waals surface area contributed by atoms with Crippen LogP contribution < -0.4 is 0 Å². The van der Waals surface area contributed by atoms with E-state index in [9.17, 15) is 36.2 Å². The second kappa shape index (κ2) is 14.5. The van der Waals surface area contributed by atoms with E-state index in [-0.39, 0.29) is 34.9 Å². The number of carboxylic acid groups (broad SMARTS) is 2. The number of hydrogen-bond acceptors (Lipinski definition) is 9. The Hall–Kier alpha value is -4.55. The minimum Gasteiger partial charge on any atom is -0.481 e. The number of hydrogen-bond donors (Lipinski definition) is 3. The molecule has 0 aliphatic carbocycles. The molecule has 47 heavy (non-hydrogen) atoms. The average Bonchev–Trinajstić information content (AvgIpc) is 3.65. The minimum absolute atomic E-state index is 0.0171. The van der Waals surface area contributed by atoms with E-state index in [0.717, 1.165) is 25.6 Å². The lowest BCUT2D eigenvalue weighted by Crippen LogP contribution is -2.38. The molecule has 0 spiro atoms. The van der Waals surface area contributed by atoms with Gasteiger partial charge in [-0.05, 0) is 43.0 Å². The molecule has 5 rings (SSSR count). The molecule has 0 unspecified atom stereocenters. The molecule has 0 bridgehead atoms. The molecule has 0 amide bonds. The number of alkyl halides is 6. The van der Waals surface area contributed by atoms with Crippen LogP contribution >= 0.6 is 11.6 Å². The summed E-state index contributed by atoms with van der Waals surface area (Å²) in [7, 11) is 0. The van der Waals surface area contributed by atoms with Gasteiger partial charge >= 0.3 is 24.3 Å². The first-order chi connectivity index (χ1) is 22.0. The van der Waals surface area contributed by atoms with Gasteiger partial charge < -0.3 is 24.7 Å². The van der Waals surface area contributed by atoms with Crippen LogP contribution in [0.5, 0.6) is 0 Å². The lowest BCUT2D eigenvalue weighted by atomic mass is 9.94. The van der Waals surface area contributed by atoms with Gasteiger partial charge in [-0.2, -0.15) is 36.4 Å². The number of likely N-dealkylation sites (tertiary alicyclic amines) is 1. The van der Waals surface area contributed by atoms with Crippen molar-refractivity contribution in [2.75, 3.05) is 19.6 Å². The van der Waals surface area contributed by atoms with E-state index in [0.29, 0.717) is 28.9 Å². The van der Waals surface area contributed by atoms with Crippen molar-refractivity contribution >= 4 is 23.5 Å². The molecule has 3 aromatic heterocycles.